The van der Waals surface area contributed by atoms with Crippen molar-refractivity contribution in [2.45, 2.75) is 13.5 Å². The van der Waals surface area contributed by atoms with Gasteiger partial charge in [0.2, 0.25) is 5.91 Å². The highest BCUT2D eigenvalue weighted by Crippen LogP contribution is 2.13. The minimum atomic E-state index is -0.487. The van der Waals surface area contributed by atoms with Crippen LogP contribution in [0.25, 0.3) is 0 Å². The molecule has 0 aliphatic heterocycles. The van der Waals surface area contributed by atoms with Crippen LogP contribution in [0, 0.1) is 6.92 Å². The molecule has 1 aromatic heterocycles. The van der Waals surface area contributed by atoms with Gasteiger partial charge in [0, 0.05) is 11.4 Å². The lowest BCUT2D eigenvalue weighted by Gasteiger charge is -2.07. The lowest BCUT2D eigenvalue weighted by atomic mass is 10.2. The first kappa shape index (κ1) is 17.2. The molecule has 0 aliphatic carbocycles. The smallest absolute Gasteiger partial charge is 0.280 e. The summed E-state index contributed by atoms with van der Waals surface area (Å²) in [5.41, 5.74) is 8.21. The van der Waals surface area contributed by atoms with Crippen molar-refractivity contribution in [3.63, 3.8) is 0 Å². The average molecular weight is 350 g/mol. The number of aryl methyl sites for hydroxylation is 1. The van der Waals surface area contributed by atoms with E-state index in [1.54, 1.807) is 30.3 Å². The highest BCUT2D eigenvalue weighted by molar-refractivity contribution is 6.05. The highest BCUT2D eigenvalue weighted by atomic mass is 16.2. The summed E-state index contributed by atoms with van der Waals surface area (Å²) >= 11 is 0. The van der Waals surface area contributed by atoms with Crippen molar-refractivity contribution in [1.82, 2.24) is 15.0 Å². The van der Waals surface area contributed by atoms with Crippen molar-refractivity contribution in [3.8, 4) is 0 Å². The summed E-state index contributed by atoms with van der Waals surface area (Å²) in [6.07, 6.45) is 0. The second-order valence-corrected chi connectivity index (χ2v) is 5.72. The van der Waals surface area contributed by atoms with E-state index in [4.69, 9.17) is 5.73 Å². The van der Waals surface area contributed by atoms with Crippen molar-refractivity contribution in [3.05, 3.63) is 65.9 Å². The number of aromatic nitrogens is 3. The normalized spacial score (nSPS) is 10.3. The third-order valence-electron chi connectivity index (χ3n) is 3.62. The molecule has 26 heavy (non-hydrogen) atoms. The molecule has 0 unspecified atom stereocenters. The third-order valence-corrected chi connectivity index (χ3v) is 3.62. The maximum absolute atomic E-state index is 12.3. The van der Waals surface area contributed by atoms with Gasteiger partial charge in [-0.3, -0.25) is 9.59 Å². The number of carbonyl (C=O) groups excluding carboxylic acids is 2. The van der Waals surface area contributed by atoms with Crippen molar-refractivity contribution in [2.75, 3.05) is 16.4 Å². The number of nitrogens with one attached hydrogen (secondary N) is 2. The number of nitrogens with two attached hydrogens (primary N) is 1. The van der Waals surface area contributed by atoms with Crippen LogP contribution in [-0.4, -0.2) is 26.8 Å². The Morgan fingerprint density at radius 3 is 2.50 bits per heavy atom. The van der Waals surface area contributed by atoms with Gasteiger partial charge >= 0.3 is 0 Å². The summed E-state index contributed by atoms with van der Waals surface area (Å²) in [6.45, 7) is 1.79. The van der Waals surface area contributed by atoms with Crippen molar-refractivity contribution >= 4 is 29.0 Å². The molecular formula is C18H18N6O2. The monoisotopic (exact) mass is 350 g/mol. The van der Waals surface area contributed by atoms with Crippen molar-refractivity contribution in [1.29, 1.82) is 0 Å². The van der Waals surface area contributed by atoms with Crippen LogP contribution in [0.1, 0.15) is 16.1 Å². The van der Waals surface area contributed by atoms with E-state index < -0.39 is 5.91 Å². The van der Waals surface area contributed by atoms with Gasteiger partial charge in [-0.05, 0) is 36.8 Å². The topological polar surface area (TPSA) is 115 Å². The number of hydrogen-bond donors (Lipinski definition) is 3. The van der Waals surface area contributed by atoms with Crippen LogP contribution in [0.3, 0.4) is 0 Å². The van der Waals surface area contributed by atoms with E-state index in [9.17, 15) is 9.59 Å². The molecule has 8 nitrogen and oxygen atoms in total. The first-order valence-electron chi connectivity index (χ1n) is 7.95. The van der Waals surface area contributed by atoms with Crippen LogP contribution in [0.5, 0.6) is 0 Å². The summed E-state index contributed by atoms with van der Waals surface area (Å²) < 4.78 is 1.19. The predicted octanol–water partition coefficient (Wildman–Crippen LogP) is 2.06. The van der Waals surface area contributed by atoms with Gasteiger partial charge in [0.15, 0.2) is 11.5 Å². The minimum Gasteiger partial charge on any atom is -0.382 e. The van der Waals surface area contributed by atoms with Crippen LogP contribution in [0.15, 0.2) is 54.6 Å². The number of para-hydroxylation sites is 1. The molecule has 132 valence electrons. The number of nitrogens with zero attached hydrogens (tertiary/aromatic N) is 3. The van der Waals surface area contributed by atoms with E-state index in [0.717, 1.165) is 5.56 Å². The Balaban J connectivity index is 1.66. The fourth-order valence-electron chi connectivity index (χ4n) is 2.37. The molecule has 2 aromatic carbocycles. The number of hydrogen-bond acceptors (Lipinski definition) is 5. The summed E-state index contributed by atoms with van der Waals surface area (Å²) in [5.74, 6) is -0.779. The Morgan fingerprint density at radius 1 is 1.04 bits per heavy atom. The number of benzene rings is 2. The Bertz CT molecular complexity index is 936. The Morgan fingerprint density at radius 2 is 1.77 bits per heavy atom. The average Bonchev–Trinajstić information content (AvgIpc) is 2.96. The molecule has 0 atom stereocenters. The molecule has 8 heteroatoms. The maximum atomic E-state index is 12.3. The first-order valence-corrected chi connectivity index (χ1v) is 7.95. The molecule has 4 N–H and O–H groups in total. The van der Waals surface area contributed by atoms with Crippen LogP contribution in [0.2, 0.25) is 0 Å². The van der Waals surface area contributed by atoms with Gasteiger partial charge < -0.3 is 16.4 Å². The fourth-order valence-corrected chi connectivity index (χ4v) is 2.37. The standard InChI is InChI=1S/C18H18N6O2/c1-12-6-5-9-14(10-12)20-15(25)11-24-17(19)16(22-23-24)18(26)21-13-7-3-2-4-8-13/h2-10H,11,19H2,1H3,(H,20,25)(H,21,26). The molecule has 0 bridgehead atoms. The van der Waals surface area contributed by atoms with Crippen LogP contribution >= 0.6 is 0 Å². The summed E-state index contributed by atoms with van der Waals surface area (Å²) in [6, 6.07) is 16.3. The number of carbonyl (C=O) groups is 2. The van der Waals surface area contributed by atoms with Gasteiger partial charge in [-0.2, -0.15) is 0 Å². The Hall–Kier alpha value is -3.68. The summed E-state index contributed by atoms with van der Waals surface area (Å²) in [7, 11) is 0. The maximum Gasteiger partial charge on any atom is 0.280 e. The molecule has 0 fully saturated rings. The molecule has 0 saturated heterocycles. The largest absolute Gasteiger partial charge is 0.382 e. The van der Waals surface area contributed by atoms with Crippen LogP contribution < -0.4 is 16.4 Å². The van der Waals surface area contributed by atoms with E-state index in [1.807, 2.05) is 31.2 Å². The van der Waals surface area contributed by atoms with E-state index in [0.29, 0.717) is 11.4 Å². The molecule has 3 rings (SSSR count). The lowest BCUT2D eigenvalue weighted by molar-refractivity contribution is -0.116. The Kier molecular flexibility index (Phi) is 4.93. The SMILES string of the molecule is Cc1cccc(NC(=O)Cn2nnc(C(=O)Nc3ccccc3)c2N)c1. The number of nitrogen functional groups attached to an aromatic ring is 1. The minimum absolute atomic E-state index is 0.0258. The number of rotatable bonds is 5. The zero-order chi connectivity index (χ0) is 18.5. The molecule has 0 radical (unpaired) electrons. The molecule has 1 heterocycles. The number of anilines is 3. The van der Waals surface area contributed by atoms with Gasteiger partial charge in [0.1, 0.15) is 6.54 Å². The second kappa shape index (κ2) is 7.47. The molecule has 0 spiro atoms. The van der Waals surface area contributed by atoms with Gasteiger partial charge in [-0.1, -0.05) is 35.5 Å². The molecule has 2 amide bonds. The first-order chi connectivity index (χ1) is 12.5. The van der Waals surface area contributed by atoms with E-state index in [2.05, 4.69) is 20.9 Å². The summed E-state index contributed by atoms with van der Waals surface area (Å²) in [5, 5.41) is 13.0. The van der Waals surface area contributed by atoms with Gasteiger partial charge in [0.25, 0.3) is 5.91 Å². The van der Waals surface area contributed by atoms with E-state index in [-0.39, 0.29) is 24.0 Å². The second-order valence-electron chi connectivity index (χ2n) is 5.72. The molecule has 0 aliphatic rings. The van der Waals surface area contributed by atoms with Crippen LogP contribution in [0.4, 0.5) is 17.2 Å². The molecule has 0 saturated carbocycles. The molecular weight excluding hydrogens is 332 g/mol. The van der Waals surface area contributed by atoms with Gasteiger partial charge in [-0.15, -0.1) is 5.10 Å². The summed E-state index contributed by atoms with van der Waals surface area (Å²) in [4.78, 5) is 24.4. The highest BCUT2D eigenvalue weighted by Gasteiger charge is 2.19. The zero-order valence-electron chi connectivity index (χ0n) is 14.1. The van der Waals surface area contributed by atoms with E-state index in [1.165, 1.54) is 4.68 Å². The molecule has 3 aromatic rings. The third kappa shape index (κ3) is 4.04. The Labute approximate surface area is 150 Å². The predicted molar refractivity (Wildman–Crippen MR) is 98.6 cm³/mol. The zero-order valence-corrected chi connectivity index (χ0v) is 14.1. The van der Waals surface area contributed by atoms with E-state index >= 15 is 0 Å². The van der Waals surface area contributed by atoms with Crippen molar-refractivity contribution in [2.24, 2.45) is 0 Å². The van der Waals surface area contributed by atoms with Crippen molar-refractivity contribution < 1.29 is 9.59 Å². The van der Waals surface area contributed by atoms with Gasteiger partial charge in [-0.25, -0.2) is 4.68 Å². The number of amides is 2. The quantitative estimate of drug-likeness (QED) is 0.651. The fraction of sp³-hybridized carbons (Fsp3) is 0.111. The lowest BCUT2D eigenvalue weighted by Crippen LogP contribution is -2.21. The van der Waals surface area contributed by atoms with Crippen LogP contribution in [-0.2, 0) is 11.3 Å². The van der Waals surface area contributed by atoms with Gasteiger partial charge in [0.05, 0.1) is 0 Å².